The average Bonchev–Trinajstić information content (AvgIpc) is 2.38. The number of carbonyl (C=O) groups excluding carboxylic acids is 1. The Morgan fingerprint density at radius 1 is 1.26 bits per heavy atom. The molecule has 0 saturated heterocycles. The number of likely N-dealkylation sites (N-methyl/N-ethyl adjacent to an activating group) is 1. The van der Waals surface area contributed by atoms with Crippen LogP contribution in [-0.2, 0) is 11.2 Å². The Balaban J connectivity index is 2.61. The van der Waals surface area contributed by atoms with Gasteiger partial charge in [0.15, 0.2) is 0 Å². The van der Waals surface area contributed by atoms with Crippen molar-refractivity contribution in [3.05, 3.63) is 35.9 Å². The van der Waals surface area contributed by atoms with Gasteiger partial charge in [-0.2, -0.15) is 0 Å². The van der Waals surface area contributed by atoms with Crippen LogP contribution in [-0.4, -0.2) is 29.9 Å². The predicted octanol–water partition coefficient (Wildman–Crippen LogP) is 2.45. The summed E-state index contributed by atoms with van der Waals surface area (Å²) in [6.45, 7) is 9.43. The molecule has 0 aliphatic rings. The maximum atomic E-state index is 12.3. The van der Waals surface area contributed by atoms with E-state index in [1.54, 1.807) is 0 Å². The molecule has 0 aliphatic carbocycles. The van der Waals surface area contributed by atoms with Crippen LogP contribution in [0.1, 0.15) is 33.3 Å². The van der Waals surface area contributed by atoms with Crippen LogP contribution < -0.4 is 5.73 Å². The molecule has 0 aromatic heterocycles. The fraction of sp³-hybridized carbons (Fsp3) is 0.562. The van der Waals surface area contributed by atoms with E-state index in [1.165, 1.54) is 5.56 Å². The molecule has 19 heavy (non-hydrogen) atoms. The van der Waals surface area contributed by atoms with Gasteiger partial charge in [-0.1, -0.05) is 51.1 Å². The standard InChI is InChI=1S/C16H26N2O/c1-5-18(15(19)14(17)16(2,3)4)12-11-13-9-7-6-8-10-13/h6-10,14H,5,11-12,17H2,1-4H3/t14-/m0/s1. The van der Waals surface area contributed by atoms with Crippen molar-refractivity contribution in [2.45, 2.75) is 40.2 Å². The zero-order valence-electron chi connectivity index (χ0n) is 12.5. The van der Waals surface area contributed by atoms with Crippen molar-refractivity contribution in [1.82, 2.24) is 4.90 Å². The minimum atomic E-state index is -0.441. The molecule has 1 amide bonds. The van der Waals surface area contributed by atoms with Crippen molar-refractivity contribution in [3.8, 4) is 0 Å². The largest absolute Gasteiger partial charge is 0.341 e. The minimum Gasteiger partial charge on any atom is -0.341 e. The number of nitrogens with zero attached hydrogens (tertiary/aromatic N) is 1. The summed E-state index contributed by atoms with van der Waals surface area (Å²) in [6, 6.07) is 9.78. The third-order valence-corrected chi connectivity index (χ3v) is 3.41. The number of carbonyl (C=O) groups is 1. The number of hydrogen-bond acceptors (Lipinski definition) is 2. The molecule has 0 bridgehead atoms. The Morgan fingerprint density at radius 3 is 2.32 bits per heavy atom. The Labute approximate surface area is 116 Å². The smallest absolute Gasteiger partial charge is 0.240 e. The maximum absolute atomic E-state index is 12.3. The second-order valence-corrected chi connectivity index (χ2v) is 6.00. The molecule has 0 radical (unpaired) electrons. The summed E-state index contributed by atoms with van der Waals surface area (Å²) in [6.07, 6.45) is 0.872. The van der Waals surface area contributed by atoms with Crippen LogP contribution in [0.3, 0.4) is 0 Å². The van der Waals surface area contributed by atoms with Crippen LogP contribution in [0.5, 0.6) is 0 Å². The molecule has 1 aromatic carbocycles. The van der Waals surface area contributed by atoms with Gasteiger partial charge in [-0.3, -0.25) is 4.79 Å². The van der Waals surface area contributed by atoms with Crippen LogP contribution in [0, 0.1) is 5.41 Å². The summed E-state index contributed by atoms with van der Waals surface area (Å²) in [5.74, 6) is 0.0472. The summed E-state index contributed by atoms with van der Waals surface area (Å²) in [5.41, 5.74) is 7.10. The van der Waals surface area contributed by atoms with Crippen LogP contribution in [0.4, 0.5) is 0 Å². The minimum absolute atomic E-state index is 0.0472. The summed E-state index contributed by atoms with van der Waals surface area (Å²) in [5, 5.41) is 0. The van der Waals surface area contributed by atoms with Crippen molar-refractivity contribution < 1.29 is 4.79 Å². The second-order valence-electron chi connectivity index (χ2n) is 6.00. The topological polar surface area (TPSA) is 46.3 Å². The number of rotatable bonds is 5. The van der Waals surface area contributed by atoms with E-state index < -0.39 is 6.04 Å². The first-order valence-electron chi connectivity index (χ1n) is 6.94. The molecule has 0 spiro atoms. The van der Waals surface area contributed by atoms with E-state index in [9.17, 15) is 4.79 Å². The molecule has 0 heterocycles. The summed E-state index contributed by atoms with van der Waals surface area (Å²) < 4.78 is 0. The van der Waals surface area contributed by atoms with Gasteiger partial charge in [0.25, 0.3) is 0 Å². The van der Waals surface area contributed by atoms with E-state index in [-0.39, 0.29) is 11.3 Å². The van der Waals surface area contributed by atoms with Crippen molar-refractivity contribution >= 4 is 5.91 Å². The lowest BCUT2D eigenvalue weighted by Crippen LogP contribution is -2.50. The first-order chi connectivity index (χ1) is 8.86. The van der Waals surface area contributed by atoms with Crippen LogP contribution in [0.25, 0.3) is 0 Å². The van der Waals surface area contributed by atoms with Gasteiger partial charge in [-0.15, -0.1) is 0 Å². The van der Waals surface area contributed by atoms with E-state index in [1.807, 2.05) is 50.8 Å². The van der Waals surface area contributed by atoms with E-state index in [0.717, 1.165) is 13.0 Å². The lowest BCUT2D eigenvalue weighted by Gasteiger charge is -2.31. The molecule has 1 rings (SSSR count). The fourth-order valence-corrected chi connectivity index (χ4v) is 1.90. The first kappa shape index (κ1) is 15.7. The number of nitrogens with two attached hydrogens (primary N) is 1. The number of hydrogen-bond donors (Lipinski definition) is 1. The SMILES string of the molecule is CCN(CCc1ccccc1)C(=O)[C@H](N)C(C)(C)C. The van der Waals surface area contributed by atoms with Crippen molar-refractivity contribution in [2.75, 3.05) is 13.1 Å². The Bertz CT molecular complexity index is 395. The lowest BCUT2D eigenvalue weighted by molar-refractivity contribution is -0.134. The quantitative estimate of drug-likeness (QED) is 0.886. The Kier molecular flexibility index (Phi) is 5.55. The molecule has 1 aromatic rings. The van der Waals surface area contributed by atoms with Gasteiger partial charge in [0.1, 0.15) is 0 Å². The molecule has 0 saturated carbocycles. The summed E-state index contributed by atoms with van der Waals surface area (Å²) >= 11 is 0. The van der Waals surface area contributed by atoms with Gasteiger partial charge in [-0.25, -0.2) is 0 Å². The molecule has 0 unspecified atom stereocenters. The average molecular weight is 262 g/mol. The third-order valence-electron chi connectivity index (χ3n) is 3.41. The third kappa shape index (κ3) is 4.67. The zero-order valence-corrected chi connectivity index (χ0v) is 12.5. The van der Waals surface area contributed by atoms with Crippen LogP contribution in [0.15, 0.2) is 30.3 Å². The maximum Gasteiger partial charge on any atom is 0.240 e. The monoisotopic (exact) mass is 262 g/mol. The van der Waals surface area contributed by atoms with Gasteiger partial charge >= 0.3 is 0 Å². The highest BCUT2D eigenvalue weighted by Crippen LogP contribution is 2.19. The molecule has 106 valence electrons. The first-order valence-corrected chi connectivity index (χ1v) is 6.94. The molecule has 1 atom stereocenters. The van der Waals surface area contributed by atoms with Crippen LogP contribution in [0.2, 0.25) is 0 Å². The van der Waals surface area contributed by atoms with Crippen LogP contribution >= 0.6 is 0 Å². The van der Waals surface area contributed by atoms with E-state index in [2.05, 4.69) is 12.1 Å². The Morgan fingerprint density at radius 2 is 1.84 bits per heavy atom. The molecule has 3 nitrogen and oxygen atoms in total. The van der Waals surface area contributed by atoms with E-state index in [0.29, 0.717) is 6.54 Å². The zero-order chi connectivity index (χ0) is 14.5. The van der Waals surface area contributed by atoms with Gasteiger partial charge < -0.3 is 10.6 Å². The van der Waals surface area contributed by atoms with Crippen molar-refractivity contribution in [3.63, 3.8) is 0 Å². The van der Waals surface area contributed by atoms with E-state index >= 15 is 0 Å². The second kappa shape index (κ2) is 6.71. The molecule has 0 fully saturated rings. The van der Waals surface area contributed by atoms with Gasteiger partial charge in [-0.05, 0) is 24.3 Å². The fourth-order valence-electron chi connectivity index (χ4n) is 1.90. The van der Waals surface area contributed by atoms with E-state index in [4.69, 9.17) is 5.73 Å². The molecule has 2 N–H and O–H groups in total. The van der Waals surface area contributed by atoms with Crippen molar-refractivity contribution in [1.29, 1.82) is 0 Å². The summed E-state index contributed by atoms with van der Waals surface area (Å²) in [4.78, 5) is 14.2. The molecule has 3 heteroatoms. The van der Waals surface area contributed by atoms with Gasteiger partial charge in [0.05, 0.1) is 6.04 Å². The lowest BCUT2D eigenvalue weighted by atomic mass is 9.86. The Hall–Kier alpha value is -1.35. The highest BCUT2D eigenvalue weighted by atomic mass is 16.2. The van der Waals surface area contributed by atoms with Gasteiger partial charge in [0, 0.05) is 13.1 Å². The number of benzene rings is 1. The molecular weight excluding hydrogens is 236 g/mol. The molecular formula is C16H26N2O. The molecule has 0 aliphatic heterocycles. The predicted molar refractivity (Wildman–Crippen MR) is 79.8 cm³/mol. The highest BCUT2D eigenvalue weighted by Gasteiger charge is 2.30. The highest BCUT2D eigenvalue weighted by molar-refractivity contribution is 5.82. The normalized spacial score (nSPS) is 13.1. The summed E-state index contributed by atoms with van der Waals surface area (Å²) in [7, 11) is 0. The van der Waals surface area contributed by atoms with Gasteiger partial charge in [0.2, 0.25) is 5.91 Å². The number of amides is 1. The van der Waals surface area contributed by atoms with Crippen molar-refractivity contribution in [2.24, 2.45) is 11.1 Å².